The highest BCUT2D eigenvalue weighted by Crippen LogP contribution is 2.32. The zero-order chi connectivity index (χ0) is 41.0. The molecular weight excluding hydrogens is 725 g/mol. The summed E-state index contributed by atoms with van der Waals surface area (Å²) in [6, 6.07) is 61.0. The first kappa shape index (κ1) is 38.4. The lowest BCUT2D eigenvalue weighted by Gasteiger charge is -2.11. The molecule has 2 heteroatoms. The van der Waals surface area contributed by atoms with Crippen LogP contribution in [0.4, 0.5) is 0 Å². The summed E-state index contributed by atoms with van der Waals surface area (Å²) in [7, 11) is 0. The second-order valence-electron chi connectivity index (χ2n) is 15.8. The number of aryl methyl sites for hydroxylation is 3. The van der Waals surface area contributed by atoms with Crippen molar-refractivity contribution in [2.45, 2.75) is 40.0 Å². The second kappa shape index (κ2) is 17.0. The second-order valence-corrected chi connectivity index (χ2v) is 15.8. The Hall–Kier alpha value is -7.16. The molecule has 60 heavy (non-hydrogen) atoms. The standard InChI is InChI=1S/C58H48N2/c1-5-43-15-6-8-24-53(43)40(3)39(2)26-28-44-30-31-48-33-35-56(60-58(48)41(44)4)52-23-13-21-50(38-52)49-20-12-22-51(37-49)55-34-32-47-29-27-42(36-57(47)59-55)14-10-17-46-19-11-18-45-16-7-9-25-54(45)46/h5-9,11-13,15-16,18-38H,2,10,14,17H2,1,3-4H3/b28-26-,43-5-,53-40+. The molecule has 0 atom stereocenters. The summed E-state index contributed by atoms with van der Waals surface area (Å²) in [6.45, 7) is 10.8. The Morgan fingerprint density at radius 1 is 0.583 bits per heavy atom. The molecule has 0 saturated carbocycles. The van der Waals surface area contributed by atoms with Gasteiger partial charge < -0.3 is 0 Å². The van der Waals surface area contributed by atoms with Crippen LogP contribution in [0.15, 0.2) is 188 Å². The number of benzene rings is 7. The summed E-state index contributed by atoms with van der Waals surface area (Å²) in [5, 5.41) is 7.39. The smallest absolute Gasteiger partial charge is 0.0744 e. The van der Waals surface area contributed by atoms with Gasteiger partial charge in [-0.1, -0.05) is 164 Å². The predicted octanol–water partition coefficient (Wildman–Crippen LogP) is 13.7. The third-order valence-electron chi connectivity index (χ3n) is 12.0. The molecule has 0 spiro atoms. The van der Waals surface area contributed by atoms with E-state index in [0.29, 0.717) is 0 Å². The van der Waals surface area contributed by atoms with Crippen LogP contribution in [0.3, 0.4) is 0 Å². The van der Waals surface area contributed by atoms with E-state index in [2.05, 4.69) is 215 Å². The molecule has 9 aromatic rings. The Morgan fingerprint density at radius 3 is 2.03 bits per heavy atom. The first-order valence-corrected chi connectivity index (χ1v) is 21.0. The molecule has 0 aliphatic carbocycles. The molecule has 2 aromatic heterocycles. The van der Waals surface area contributed by atoms with Crippen molar-refractivity contribution in [3.8, 4) is 33.6 Å². The van der Waals surface area contributed by atoms with Gasteiger partial charge in [0.1, 0.15) is 0 Å². The Morgan fingerprint density at radius 2 is 1.23 bits per heavy atom. The Balaban J connectivity index is 0.942. The first-order chi connectivity index (χ1) is 29.4. The highest BCUT2D eigenvalue weighted by atomic mass is 14.7. The molecule has 7 aromatic carbocycles. The van der Waals surface area contributed by atoms with E-state index < -0.39 is 0 Å². The summed E-state index contributed by atoms with van der Waals surface area (Å²) in [5.41, 5.74) is 15.7. The summed E-state index contributed by atoms with van der Waals surface area (Å²) < 4.78 is 0. The Labute approximate surface area is 353 Å². The van der Waals surface area contributed by atoms with Crippen molar-refractivity contribution in [3.05, 3.63) is 221 Å². The molecule has 0 bridgehead atoms. The van der Waals surface area contributed by atoms with Crippen LogP contribution in [0.25, 0.3) is 83.9 Å². The van der Waals surface area contributed by atoms with Gasteiger partial charge in [-0.25, -0.2) is 9.97 Å². The monoisotopic (exact) mass is 772 g/mol. The molecule has 0 amide bonds. The summed E-state index contributed by atoms with van der Waals surface area (Å²) in [6.07, 6.45) is 9.60. The van der Waals surface area contributed by atoms with Crippen molar-refractivity contribution >= 4 is 50.3 Å². The van der Waals surface area contributed by atoms with Crippen LogP contribution in [0.1, 0.15) is 42.5 Å². The fourth-order valence-electron chi connectivity index (χ4n) is 8.45. The van der Waals surface area contributed by atoms with Crippen LogP contribution in [0.2, 0.25) is 0 Å². The van der Waals surface area contributed by atoms with E-state index in [1.807, 2.05) is 0 Å². The number of hydrogen-bond donors (Lipinski definition) is 0. The Kier molecular flexibility index (Phi) is 10.9. The maximum atomic E-state index is 5.24. The van der Waals surface area contributed by atoms with Gasteiger partial charge in [-0.15, -0.1) is 0 Å². The zero-order valence-electron chi connectivity index (χ0n) is 34.6. The molecule has 9 rings (SSSR count). The van der Waals surface area contributed by atoms with Gasteiger partial charge in [0, 0.05) is 21.9 Å². The normalized spacial score (nSPS) is 12.5. The van der Waals surface area contributed by atoms with E-state index in [1.165, 1.54) is 37.9 Å². The highest BCUT2D eigenvalue weighted by Gasteiger charge is 2.10. The third-order valence-corrected chi connectivity index (χ3v) is 12.0. The van der Waals surface area contributed by atoms with Gasteiger partial charge >= 0.3 is 0 Å². The molecule has 0 aliphatic heterocycles. The minimum absolute atomic E-state index is 0.954. The number of fused-ring (bicyclic) bond motifs is 3. The van der Waals surface area contributed by atoms with E-state index in [9.17, 15) is 0 Å². The molecule has 0 N–H and O–H groups in total. The topological polar surface area (TPSA) is 25.8 Å². The summed E-state index contributed by atoms with van der Waals surface area (Å²) in [4.78, 5) is 10.4. The lowest BCUT2D eigenvalue weighted by molar-refractivity contribution is 0.826. The summed E-state index contributed by atoms with van der Waals surface area (Å²) in [5.74, 6) is 0. The number of hydrogen-bond acceptors (Lipinski definition) is 2. The van der Waals surface area contributed by atoms with Crippen LogP contribution in [-0.4, -0.2) is 9.97 Å². The van der Waals surface area contributed by atoms with Gasteiger partial charge in [-0.3, -0.25) is 0 Å². The van der Waals surface area contributed by atoms with Gasteiger partial charge in [0.2, 0.25) is 0 Å². The molecule has 2 heterocycles. The maximum absolute atomic E-state index is 5.24. The Bertz CT molecular complexity index is 3230. The average molecular weight is 773 g/mol. The highest BCUT2D eigenvalue weighted by molar-refractivity contribution is 5.89. The molecule has 0 fully saturated rings. The van der Waals surface area contributed by atoms with Crippen molar-refractivity contribution in [1.82, 2.24) is 9.97 Å². The van der Waals surface area contributed by atoms with Gasteiger partial charge in [0.15, 0.2) is 0 Å². The molecule has 0 radical (unpaired) electrons. The minimum Gasteiger partial charge on any atom is -0.248 e. The van der Waals surface area contributed by atoms with Gasteiger partial charge in [0.05, 0.1) is 22.4 Å². The van der Waals surface area contributed by atoms with E-state index >= 15 is 0 Å². The van der Waals surface area contributed by atoms with Gasteiger partial charge in [0.25, 0.3) is 0 Å². The van der Waals surface area contributed by atoms with Crippen LogP contribution >= 0.6 is 0 Å². The maximum Gasteiger partial charge on any atom is 0.0744 e. The number of nitrogens with zero attached hydrogens (tertiary/aromatic N) is 2. The lowest BCUT2D eigenvalue weighted by Crippen LogP contribution is -2.25. The fourth-order valence-corrected chi connectivity index (χ4v) is 8.45. The molecular formula is C58H48N2. The SMILES string of the molecule is C=C(/C=C\c1ccc2ccc(-c3cccc(-c4cccc(-c5ccc6ccc(CCCc7cccc8ccccc78)cc6n5)c4)c3)nc2c1C)/C(C)=c1\cccc\c1=C\C. The van der Waals surface area contributed by atoms with E-state index in [1.54, 1.807) is 0 Å². The molecule has 290 valence electrons. The minimum atomic E-state index is 0.954. The third kappa shape index (κ3) is 7.97. The van der Waals surface area contributed by atoms with Gasteiger partial charge in [-0.2, -0.15) is 0 Å². The largest absolute Gasteiger partial charge is 0.248 e. The van der Waals surface area contributed by atoms with E-state index in [4.69, 9.17) is 9.97 Å². The molecule has 0 saturated heterocycles. The van der Waals surface area contributed by atoms with Crippen molar-refractivity contribution < 1.29 is 0 Å². The van der Waals surface area contributed by atoms with Crippen LogP contribution in [0, 0.1) is 6.92 Å². The lowest BCUT2D eigenvalue weighted by atomic mass is 9.97. The zero-order valence-corrected chi connectivity index (χ0v) is 34.6. The van der Waals surface area contributed by atoms with Crippen LogP contribution < -0.4 is 10.4 Å². The van der Waals surface area contributed by atoms with Crippen LogP contribution in [-0.2, 0) is 12.8 Å². The first-order valence-electron chi connectivity index (χ1n) is 21.0. The number of allylic oxidation sites excluding steroid dienone is 2. The van der Waals surface area contributed by atoms with E-state index in [-0.39, 0.29) is 0 Å². The van der Waals surface area contributed by atoms with Crippen molar-refractivity contribution in [2.24, 2.45) is 0 Å². The quantitative estimate of drug-likeness (QED) is 0.129. The summed E-state index contributed by atoms with van der Waals surface area (Å²) >= 11 is 0. The van der Waals surface area contributed by atoms with E-state index in [0.717, 1.165) is 91.4 Å². The van der Waals surface area contributed by atoms with Crippen molar-refractivity contribution in [3.63, 3.8) is 0 Å². The number of pyridine rings is 2. The van der Waals surface area contributed by atoms with Gasteiger partial charge in [-0.05, 0) is 136 Å². The molecule has 2 nitrogen and oxygen atoms in total. The van der Waals surface area contributed by atoms with Crippen molar-refractivity contribution in [1.29, 1.82) is 0 Å². The predicted molar refractivity (Wildman–Crippen MR) is 257 cm³/mol. The van der Waals surface area contributed by atoms with Crippen LogP contribution in [0.5, 0.6) is 0 Å². The fraction of sp³-hybridized carbons (Fsp3) is 0.103. The molecule has 0 unspecified atom stereocenters. The van der Waals surface area contributed by atoms with Crippen molar-refractivity contribution in [2.75, 3.05) is 0 Å². The number of rotatable bonds is 10. The average Bonchev–Trinajstić information content (AvgIpc) is 3.30. The number of aromatic nitrogens is 2. The molecule has 0 aliphatic rings.